The first-order valence-corrected chi connectivity index (χ1v) is 9.16. The van der Waals surface area contributed by atoms with Crippen LogP contribution in [0.1, 0.15) is 47.1 Å². The van der Waals surface area contributed by atoms with Crippen LogP contribution in [0.5, 0.6) is 0 Å². The maximum atomic E-state index is 13.1. The maximum Gasteiger partial charge on any atom is 0.436 e. The third-order valence-corrected chi connectivity index (χ3v) is 5.09. The summed E-state index contributed by atoms with van der Waals surface area (Å²) in [7, 11) is 2.72. The Morgan fingerprint density at radius 3 is 2.64 bits per heavy atom. The van der Waals surface area contributed by atoms with Gasteiger partial charge in [-0.3, -0.25) is 14.2 Å². The quantitative estimate of drug-likeness (QED) is 0.664. The molecule has 0 aromatic carbocycles. The maximum absolute atomic E-state index is 13.1. The summed E-state index contributed by atoms with van der Waals surface area (Å²) in [6.45, 7) is -0.0276. The normalized spacial score (nSPS) is 14.2. The average Bonchev–Trinajstić information content (AvgIpc) is 3.30. The Balaban J connectivity index is 1.73. The summed E-state index contributed by atoms with van der Waals surface area (Å²) in [5, 5.41) is 10.1. The summed E-state index contributed by atoms with van der Waals surface area (Å²) in [6.07, 6.45) is -1.84. The van der Waals surface area contributed by atoms with E-state index in [4.69, 9.17) is 0 Å². The van der Waals surface area contributed by atoms with Gasteiger partial charge in [0, 0.05) is 19.4 Å². The summed E-state index contributed by atoms with van der Waals surface area (Å²) in [5.41, 5.74) is -0.304. The van der Waals surface area contributed by atoms with Gasteiger partial charge in [0.05, 0.1) is 35.7 Å². The molecule has 1 fully saturated rings. The minimum absolute atomic E-state index is 0.00490. The predicted octanol–water partition coefficient (Wildman–Crippen LogP) is 3.09. The fourth-order valence-corrected chi connectivity index (χ4v) is 3.67. The molecule has 1 aliphatic carbocycles. The van der Waals surface area contributed by atoms with E-state index in [1.807, 2.05) is 0 Å². The van der Waals surface area contributed by atoms with Crippen molar-refractivity contribution in [3.8, 4) is 0 Å². The molecule has 0 radical (unpaired) electrons. The standard InChI is InChI=1S/C16H17BrF3N5O3/c1-24-13(15(27)28-2)9(7-21-24)22-10(26)5-6-25-12(8-3-4-8)11(17)14(23-25)16(18,19)20/h7-8H,3-6H2,1-2H3,(H,22,26). The molecule has 0 saturated heterocycles. The number of anilines is 1. The van der Waals surface area contributed by atoms with Crippen molar-refractivity contribution in [2.75, 3.05) is 12.4 Å². The van der Waals surface area contributed by atoms with E-state index in [0.29, 0.717) is 5.69 Å². The largest absolute Gasteiger partial charge is 0.464 e. The van der Waals surface area contributed by atoms with E-state index < -0.39 is 23.7 Å². The molecule has 1 N–H and O–H groups in total. The molecule has 1 aliphatic rings. The van der Waals surface area contributed by atoms with Gasteiger partial charge in [-0.2, -0.15) is 23.4 Å². The van der Waals surface area contributed by atoms with Crippen LogP contribution in [0.4, 0.5) is 18.9 Å². The lowest BCUT2D eigenvalue weighted by molar-refractivity contribution is -0.142. The van der Waals surface area contributed by atoms with Gasteiger partial charge in [-0.1, -0.05) is 0 Å². The van der Waals surface area contributed by atoms with Gasteiger partial charge in [0.25, 0.3) is 0 Å². The van der Waals surface area contributed by atoms with Crippen LogP contribution in [0.3, 0.4) is 0 Å². The molecular weight excluding hydrogens is 447 g/mol. The molecule has 1 amide bonds. The summed E-state index contributed by atoms with van der Waals surface area (Å²) in [5.74, 6) is -1.15. The minimum atomic E-state index is -4.58. The summed E-state index contributed by atoms with van der Waals surface area (Å²) >= 11 is 3.01. The molecule has 1 saturated carbocycles. The molecule has 3 rings (SSSR count). The van der Waals surface area contributed by atoms with E-state index >= 15 is 0 Å². The van der Waals surface area contributed by atoms with Gasteiger partial charge in [0.1, 0.15) is 0 Å². The minimum Gasteiger partial charge on any atom is -0.464 e. The number of aromatic nitrogens is 4. The zero-order valence-electron chi connectivity index (χ0n) is 15.0. The Hall–Kier alpha value is -2.37. The number of esters is 1. The van der Waals surface area contributed by atoms with E-state index in [9.17, 15) is 22.8 Å². The van der Waals surface area contributed by atoms with Gasteiger partial charge in [-0.05, 0) is 28.8 Å². The van der Waals surface area contributed by atoms with Crippen molar-refractivity contribution in [1.82, 2.24) is 19.6 Å². The average molecular weight is 464 g/mol. The number of methoxy groups -OCH3 is 1. The van der Waals surface area contributed by atoms with Gasteiger partial charge >= 0.3 is 12.1 Å². The smallest absolute Gasteiger partial charge is 0.436 e. The first-order valence-electron chi connectivity index (χ1n) is 8.37. The van der Waals surface area contributed by atoms with Crippen LogP contribution >= 0.6 is 15.9 Å². The number of hydrogen-bond donors (Lipinski definition) is 1. The second kappa shape index (κ2) is 7.57. The van der Waals surface area contributed by atoms with Crippen molar-refractivity contribution in [3.63, 3.8) is 0 Å². The molecule has 0 unspecified atom stereocenters. The molecule has 28 heavy (non-hydrogen) atoms. The van der Waals surface area contributed by atoms with Crippen molar-refractivity contribution in [1.29, 1.82) is 0 Å². The number of carbonyl (C=O) groups is 2. The molecule has 0 bridgehead atoms. The summed E-state index contributed by atoms with van der Waals surface area (Å²) < 4.78 is 46.5. The number of rotatable bonds is 6. The molecule has 0 spiro atoms. The van der Waals surface area contributed by atoms with Gasteiger partial charge in [-0.25, -0.2) is 4.79 Å². The number of amides is 1. The van der Waals surface area contributed by atoms with Crippen molar-refractivity contribution in [2.24, 2.45) is 7.05 Å². The van der Waals surface area contributed by atoms with Crippen molar-refractivity contribution >= 4 is 33.5 Å². The van der Waals surface area contributed by atoms with E-state index in [2.05, 4.69) is 36.2 Å². The molecule has 2 heterocycles. The number of ether oxygens (including phenoxy) is 1. The van der Waals surface area contributed by atoms with Crippen LogP contribution < -0.4 is 5.32 Å². The number of alkyl halides is 3. The second-order valence-electron chi connectivity index (χ2n) is 6.36. The number of nitrogens with zero attached hydrogens (tertiary/aromatic N) is 4. The molecule has 0 aliphatic heterocycles. The Morgan fingerprint density at radius 1 is 1.39 bits per heavy atom. The van der Waals surface area contributed by atoms with Crippen LogP contribution in [0.2, 0.25) is 0 Å². The number of carbonyl (C=O) groups excluding carboxylic acids is 2. The van der Waals surface area contributed by atoms with Gasteiger partial charge in [0.15, 0.2) is 11.4 Å². The molecule has 12 heteroatoms. The van der Waals surface area contributed by atoms with Crippen molar-refractivity contribution in [2.45, 2.75) is 37.9 Å². The van der Waals surface area contributed by atoms with Crippen LogP contribution in [0, 0.1) is 0 Å². The first kappa shape index (κ1) is 20.4. The topological polar surface area (TPSA) is 91.0 Å². The van der Waals surface area contributed by atoms with E-state index in [0.717, 1.165) is 12.8 Å². The molecule has 152 valence electrons. The van der Waals surface area contributed by atoms with Crippen LogP contribution in [0.25, 0.3) is 0 Å². The molecule has 0 atom stereocenters. The Morgan fingerprint density at radius 2 is 2.07 bits per heavy atom. The van der Waals surface area contributed by atoms with Gasteiger partial charge < -0.3 is 10.1 Å². The molecule has 2 aromatic rings. The fraction of sp³-hybridized carbons (Fsp3) is 0.500. The van der Waals surface area contributed by atoms with Gasteiger partial charge in [0.2, 0.25) is 5.91 Å². The SMILES string of the molecule is COC(=O)c1c(NC(=O)CCn2nc(C(F)(F)F)c(Br)c2C2CC2)cnn1C. The monoisotopic (exact) mass is 463 g/mol. The van der Waals surface area contributed by atoms with E-state index in [1.165, 1.54) is 29.7 Å². The van der Waals surface area contributed by atoms with E-state index in [-0.39, 0.29) is 34.7 Å². The zero-order valence-corrected chi connectivity index (χ0v) is 16.6. The number of nitrogens with one attached hydrogen (secondary N) is 1. The number of hydrogen-bond acceptors (Lipinski definition) is 5. The van der Waals surface area contributed by atoms with E-state index in [1.54, 1.807) is 0 Å². The summed E-state index contributed by atoms with van der Waals surface area (Å²) in [6, 6.07) is 0. The Bertz CT molecular complexity index is 918. The highest BCUT2D eigenvalue weighted by Gasteiger charge is 2.41. The van der Waals surface area contributed by atoms with Crippen LogP contribution in [-0.2, 0) is 29.3 Å². The number of halogens is 4. The highest BCUT2D eigenvalue weighted by Crippen LogP contribution is 2.47. The number of aryl methyl sites for hydroxylation is 2. The highest BCUT2D eigenvalue weighted by atomic mass is 79.9. The second-order valence-corrected chi connectivity index (χ2v) is 7.16. The van der Waals surface area contributed by atoms with Gasteiger partial charge in [-0.15, -0.1) is 0 Å². The Labute approximate surface area is 166 Å². The van der Waals surface area contributed by atoms with Crippen molar-refractivity contribution in [3.05, 3.63) is 27.8 Å². The predicted molar refractivity (Wildman–Crippen MR) is 94.7 cm³/mol. The summed E-state index contributed by atoms with van der Waals surface area (Å²) in [4.78, 5) is 24.0. The molecule has 2 aromatic heterocycles. The lowest BCUT2D eigenvalue weighted by Gasteiger charge is -2.08. The lowest BCUT2D eigenvalue weighted by Crippen LogP contribution is -2.18. The molecular formula is C16H17BrF3N5O3. The first-order chi connectivity index (χ1) is 13.1. The lowest BCUT2D eigenvalue weighted by atomic mass is 10.2. The molecule has 8 nitrogen and oxygen atoms in total. The van der Waals surface area contributed by atoms with Crippen LogP contribution in [0.15, 0.2) is 10.7 Å². The van der Waals surface area contributed by atoms with Crippen molar-refractivity contribution < 1.29 is 27.5 Å². The third kappa shape index (κ3) is 4.05. The third-order valence-electron chi connectivity index (χ3n) is 4.31. The highest BCUT2D eigenvalue weighted by molar-refractivity contribution is 9.10. The fourth-order valence-electron chi connectivity index (χ4n) is 2.84. The zero-order chi connectivity index (χ0) is 20.6. The Kier molecular flexibility index (Phi) is 5.50. The van der Waals surface area contributed by atoms with Crippen LogP contribution in [-0.4, -0.2) is 38.5 Å².